The topological polar surface area (TPSA) is 73.2 Å². The minimum Gasteiger partial charge on any atom is -0.493 e. The van der Waals surface area contributed by atoms with E-state index in [9.17, 15) is 4.79 Å². The van der Waals surface area contributed by atoms with E-state index in [-0.39, 0.29) is 17.7 Å². The molecule has 1 fully saturated rings. The Balaban J connectivity index is 1.75. The van der Waals surface area contributed by atoms with Crippen molar-refractivity contribution in [2.75, 3.05) is 45.8 Å². The normalized spacial score (nSPS) is 15.5. The number of anilines is 1. The van der Waals surface area contributed by atoms with Crippen LogP contribution in [0.3, 0.4) is 0 Å². The number of methoxy groups -OCH3 is 2. The molecular weight excluding hydrogens is 416 g/mol. The van der Waals surface area contributed by atoms with Gasteiger partial charge < -0.3 is 23.9 Å². The zero-order valence-electron chi connectivity index (χ0n) is 17.8. The van der Waals surface area contributed by atoms with E-state index in [2.05, 4.69) is 16.3 Å². The summed E-state index contributed by atoms with van der Waals surface area (Å²) in [7, 11) is 3.26. The molecule has 164 valence electrons. The van der Waals surface area contributed by atoms with Gasteiger partial charge in [-0.15, -0.1) is 11.3 Å². The van der Waals surface area contributed by atoms with Crippen LogP contribution in [-0.4, -0.2) is 51.3 Å². The van der Waals surface area contributed by atoms with Crippen LogP contribution in [0, 0.1) is 6.92 Å². The molecule has 1 aliphatic rings. The molecule has 8 heteroatoms. The maximum absolute atomic E-state index is 12.7. The lowest BCUT2D eigenvalue weighted by molar-refractivity contribution is 0.0241. The average Bonchev–Trinajstić information content (AvgIpc) is 3.45. The second-order valence-electron chi connectivity index (χ2n) is 7.24. The van der Waals surface area contributed by atoms with E-state index in [4.69, 9.17) is 18.6 Å². The van der Waals surface area contributed by atoms with Gasteiger partial charge in [0.25, 0.3) is 5.91 Å². The molecule has 1 N–H and O–H groups in total. The molecule has 4 rings (SSSR count). The summed E-state index contributed by atoms with van der Waals surface area (Å²) >= 11 is 1.56. The number of hydrogen-bond acceptors (Lipinski definition) is 7. The van der Waals surface area contributed by atoms with E-state index in [1.54, 1.807) is 37.7 Å². The second-order valence-corrected chi connectivity index (χ2v) is 8.49. The first kappa shape index (κ1) is 21.4. The molecule has 0 saturated carbocycles. The van der Waals surface area contributed by atoms with E-state index < -0.39 is 0 Å². The number of nitrogens with one attached hydrogen (secondary N) is 1. The van der Waals surface area contributed by atoms with Crippen molar-refractivity contribution < 1.29 is 23.4 Å². The SMILES string of the molecule is COc1ccc(C(c2cc(C)sc2NC(=O)c2ccco2)N2CCOCC2)cc1OC. The van der Waals surface area contributed by atoms with Crippen LogP contribution in [0.25, 0.3) is 0 Å². The van der Waals surface area contributed by atoms with Gasteiger partial charge in [0, 0.05) is 23.5 Å². The Morgan fingerprint density at radius 2 is 1.90 bits per heavy atom. The van der Waals surface area contributed by atoms with Crippen molar-refractivity contribution in [3.63, 3.8) is 0 Å². The third-order valence-electron chi connectivity index (χ3n) is 5.28. The molecule has 0 aliphatic carbocycles. The lowest BCUT2D eigenvalue weighted by atomic mass is 9.97. The summed E-state index contributed by atoms with van der Waals surface area (Å²) in [5.74, 6) is 1.37. The largest absolute Gasteiger partial charge is 0.493 e. The molecule has 1 saturated heterocycles. The van der Waals surface area contributed by atoms with Gasteiger partial charge >= 0.3 is 0 Å². The number of amides is 1. The monoisotopic (exact) mass is 442 g/mol. The summed E-state index contributed by atoms with van der Waals surface area (Å²) in [5.41, 5.74) is 2.10. The third-order valence-corrected chi connectivity index (χ3v) is 6.27. The van der Waals surface area contributed by atoms with Gasteiger partial charge in [-0.1, -0.05) is 6.07 Å². The van der Waals surface area contributed by atoms with Crippen LogP contribution in [0.4, 0.5) is 5.00 Å². The van der Waals surface area contributed by atoms with Crippen molar-refractivity contribution in [3.8, 4) is 11.5 Å². The van der Waals surface area contributed by atoms with Crippen molar-refractivity contribution >= 4 is 22.2 Å². The number of rotatable bonds is 7. The lowest BCUT2D eigenvalue weighted by Crippen LogP contribution is -2.39. The third kappa shape index (κ3) is 4.61. The van der Waals surface area contributed by atoms with Gasteiger partial charge in [-0.3, -0.25) is 9.69 Å². The Morgan fingerprint density at radius 3 is 2.58 bits per heavy atom. The molecule has 1 amide bonds. The van der Waals surface area contributed by atoms with E-state index in [1.165, 1.54) is 6.26 Å². The van der Waals surface area contributed by atoms with Crippen LogP contribution < -0.4 is 14.8 Å². The molecule has 31 heavy (non-hydrogen) atoms. The smallest absolute Gasteiger partial charge is 0.291 e. The van der Waals surface area contributed by atoms with Crippen molar-refractivity contribution in [2.45, 2.75) is 13.0 Å². The van der Waals surface area contributed by atoms with Crippen molar-refractivity contribution in [1.29, 1.82) is 0 Å². The zero-order chi connectivity index (χ0) is 21.8. The molecule has 2 aromatic heterocycles. The van der Waals surface area contributed by atoms with Crippen molar-refractivity contribution in [3.05, 3.63) is 64.4 Å². The summed E-state index contributed by atoms with van der Waals surface area (Å²) in [6.07, 6.45) is 1.50. The number of thiophene rings is 1. The first-order valence-corrected chi connectivity index (χ1v) is 10.9. The van der Waals surface area contributed by atoms with Crippen LogP contribution >= 0.6 is 11.3 Å². The zero-order valence-corrected chi connectivity index (χ0v) is 18.7. The number of benzene rings is 1. The molecule has 1 aliphatic heterocycles. The van der Waals surface area contributed by atoms with Gasteiger partial charge in [0.2, 0.25) is 0 Å². The highest BCUT2D eigenvalue weighted by Crippen LogP contribution is 2.41. The molecule has 0 radical (unpaired) electrons. The predicted molar refractivity (Wildman–Crippen MR) is 119 cm³/mol. The van der Waals surface area contributed by atoms with Crippen LogP contribution in [-0.2, 0) is 4.74 Å². The van der Waals surface area contributed by atoms with E-state index in [1.807, 2.05) is 25.1 Å². The molecule has 0 spiro atoms. The fourth-order valence-corrected chi connectivity index (χ4v) is 4.79. The molecule has 3 aromatic rings. The average molecular weight is 443 g/mol. The first-order chi connectivity index (χ1) is 15.1. The number of aryl methyl sites for hydroxylation is 1. The van der Waals surface area contributed by atoms with Crippen LogP contribution in [0.5, 0.6) is 11.5 Å². The van der Waals surface area contributed by atoms with E-state index >= 15 is 0 Å². The van der Waals surface area contributed by atoms with E-state index in [0.717, 1.165) is 34.1 Å². The molecular formula is C23H26N2O5S. The minimum atomic E-state index is -0.263. The Labute approximate surface area is 185 Å². The fourth-order valence-electron chi connectivity index (χ4n) is 3.85. The van der Waals surface area contributed by atoms with E-state index in [0.29, 0.717) is 24.7 Å². The number of carbonyl (C=O) groups excluding carboxylic acids is 1. The molecule has 0 bridgehead atoms. The van der Waals surface area contributed by atoms with Gasteiger partial charge in [0.15, 0.2) is 17.3 Å². The highest BCUT2D eigenvalue weighted by molar-refractivity contribution is 7.16. The maximum atomic E-state index is 12.7. The number of furan rings is 1. The summed E-state index contributed by atoms with van der Waals surface area (Å²) in [6.45, 7) is 4.96. The summed E-state index contributed by atoms with van der Waals surface area (Å²) in [4.78, 5) is 16.2. The molecule has 1 unspecified atom stereocenters. The summed E-state index contributed by atoms with van der Waals surface area (Å²) in [6, 6.07) is 11.4. The van der Waals surface area contributed by atoms with Crippen molar-refractivity contribution in [1.82, 2.24) is 4.90 Å². The maximum Gasteiger partial charge on any atom is 0.291 e. The van der Waals surface area contributed by atoms with Gasteiger partial charge in [0.05, 0.1) is 39.7 Å². The fraction of sp³-hybridized carbons (Fsp3) is 0.348. The van der Waals surface area contributed by atoms with Crippen molar-refractivity contribution in [2.24, 2.45) is 0 Å². The molecule has 1 aromatic carbocycles. The highest BCUT2D eigenvalue weighted by Gasteiger charge is 2.29. The Hall–Kier alpha value is -2.81. The van der Waals surface area contributed by atoms with Gasteiger partial charge in [-0.25, -0.2) is 0 Å². The quantitative estimate of drug-likeness (QED) is 0.587. The Kier molecular flexibility index (Phi) is 6.60. The van der Waals surface area contributed by atoms with Gasteiger partial charge in [-0.05, 0) is 42.8 Å². The number of ether oxygens (including phenoxy) is 3. The number of carbonyl (C=O) groups is 1. The standard InChI is InChI=1S/C23H26N2O5S/c1-15-13-17(23(31-15)24-22(26)19-5-4-10-30-19)21(25-8-11-29-12-9-25)16-6-7-18(27-2)20(14-16)28-3/h4-7,10,13-14,21H,8-9,11-12H2,1-3H3,(H,24,26). The number of hydrogen-bond donors (Lipinski definition) is 1. The second kappa shape index (κ2) is 9.55. The van der Waals surface area contributed by atoms with Gasteiger partial charge in [-0.2, -0.15) is 0 Å². The summed E-state index contributed by atoms with van der Waals surface area (Å²) < 4.78 is 21.8. The molecule has 7 nitrogen and oxygen atoms in total. The van der Waals surface area contributed by atoms with Crippen LogP contribution in [0.15, 0.2) is 47.1 Å². The summed E-state index contributed by atoms with van der Waals surface area (Å²) in [5, 5.41) is 3.86. The molecule has 1 atom stereocenters. The Bertz CT molecular complexity index is 1020. The minimum absolute atomic E-state index is 0.0689. The van der Waals surface area contributed by atoms with Crippen LogP contribution in [0.1, 0.15) is 32.6 Å². The molecule has 3 heterocycles. The number of nitrogens with zero attached hydrogens (tertiary/aromatic N) is 1. The predicted octanol–water partition coefficient (Wildman–Crippen LogP) is 4.34. The van der Waals surface area contributed by atoms with Gasteiger partial charge in [0.1, 0.15) is 5.00 Å². The highest BCUT2D eigenvalue weighted by atomic mass is 32.1. The lowest BCUT2D eigenvalue weighted by Gasteiger charge is -2.35. The number of morpholine rings is 1. The Morgan fingerprint density at radius 1 is 1.13 bits per heavy atom. The van der Waals surface area contributed by atoms with Crippen LogP contribution in [0.2, 0.25) is 0 Å². The first-order valence-electron chi connectivity index (χ1n) is 10.1.